The summed E-state index contributed by atoms with van der Waals surface area (Å²) < 4.78 is 15.8. The largest absolute Gasteiger partial charge is 0.333 e. The van der Waals surface area contributed by atoms with Crippen molar-refractivity contribution in [1.82, 2.24) is 19.4 Å². The summed E-state index contributed by atoms with van der Waals surface area (Å²) in [6.07, 6.45) is 1.78. The molecule has 0 bridgehead atoms. The molecule has 0 aliphatic rings. The van der Waals surface area contributed by atoms with Gasteiger partial charge in [0.05, 0.1) is 20.9 Å². The molecule has 0 radical (unpaired) electrons. The van der Waals surface area contributed by atoms with E-state index in [-0.39, 0.29) is 11.4 Å². The quantitative estimate of drug-likeness (QED) is 0.291. The molecule has 3 heterocycles. The first-order valence-corrected chi connectivity index (χ1v) is 11.9. The fraction of sp³-hybridized carbons (Fsp3) is 0.0476. The van der Waals surface area contributed by atoms with Crippen LogP contribution in [0, 0.1) is 17.1 Å². The third-order valence-corrected chi connectivity index (χ3v) is 7.38. The van der Waals surface area contributed by atoms with E-state index in [1.807, 2.05) is 30.3 Å². The Labute approximate surface area is 187 Å². The lowest BCUT2D eigenvalue weighted by molar-refractivity contribution is 0.628. The van der Waals surface area contributed by atoms with Crippen LogP contribution < -0.4 is 5.56 Å². The van der Waals surface area contributed by atoms with E-state index >= 15 is 0 Å². The van der Waals surface area contributed by atoms with Crippen molar-refractivity contribution in [3.05, 3.63) is 70.3 Å². The monoisotopic (exact) mass is 465 g/mol. The minimum Gasteiger partial charge on any atom is -0.333 e. The molecule has 0 unspecified atom stereocenters. The van der Waals surface area contributed by atoms with Crippen LogP contribution in [0.2, 0.25) is 0 Å². The van der Waals surface area contributed by atoms with Gasteiger partial charge in [0.15, 0.2) is 10.1 Å². The molecule has 5 rings (SSSR count). The summed E-state index contributed by atoms with van der Waals surface area (Å²) in [5.74, 6) is -0.373. The minimum absolute atomic E-state index is 0.00792. The number of rotatable bonds is 4. The second kappa shape index (κ2) is 7.85. The number of aromatic nitrogens is 4. The number of fused-ring (bicyclic) bond motifs is 2. The first kappa shape index (κ1) is 19.8. The molecule has 31 heavy (non-hydrogen) atoms. The molecule has 0 spiro atoms. The van der Waals surface area contributed by atoms with Gasteiger partial charge < -0.3 is 4.98 Å². The van der Waals surface area contributed by atoms with E-state index in [0.717, 1.165) is 15.2 Å². The Kier molecular flexibility index (Phi) is 5.02. The average Bonchev–Trinajstić information content (AvgIpc) is 3.35. The molecule has 0 fully saturated rings. The van der Waals surface area contributed by atoms with E-state index in [1.54, 1.807) is 18.4 Å². The number of imidazole rings is 1. The van der Waals surface area contributed by atoms with Crippen LogP contribution in [0.15, 0.2) is 67.7 Å². The molecule has 0 saturated carbocycles. The van der Waals surface area contributed by atoms with Gasteiger partial charge in [-0.2, -0.15) is 5.26 Å². The van der Waals surface area contributed by atoms with Crippen molar-refractivity contribution in [2.45, 2.75) is 14.4 Å². The van der Waals surface area contributed by atoms with Crippen molar-refractivity contribution in [2.24, 2.45) is 0 Å². The molecule has 2 aromatic carbocycles. The van der Waals surface area contributed by atoms with Gasteiger partial charge in [-0.3, -0.25) is 4.79 Å². The van der Waals surface area contributed by atoms with Crippen molar-refractivity contribution in [3.63, 3.8) is 0 Å². The van der Waals surface area contributed by atoms with Crippen molar-refractivity contribution in [2.75, 3.05) is 6.26 Å². The maximum Gasteiger partial charge on any atom is 0.278 e. The van der Waals surface area contributed by atoms with E-state index in [2.05, 4.69) is 15.0 Å². The van der Waals surface area contributed by atoms with Crippen molar-refractivity contribution in [1.29, 1.82) is 5.26 Å². The Morgan fingerprint density at radius 3 is 2.65 bits per heavy atom. The molecule has 0 saturated heterocycles. The van der Waals surface area contributed by atoms with Gasteiger partial charge in [-0.1, -0.05) is 23.5 Å². The summed E-state index contributed by atoms with van der Waals surface area (Å²) in [7, 11) is 0. The molecule has 152 valence electrons. The number of thiazole rings is 1. The van der Waals surface area contributed by atoms with Gasteiger partial charge in [0, 0.05) is 5.56 Å². The van der Waals surface area contributed by atoms with E-state index in [1.165, 1.54) is 51.4 Å². The molecule has 0 aliphatic carbocycles. The second-order valence-electron chi connectivity index (χ2n) is 6.44. The highest BCUT2D eigenvalue weighted by molar-refractivity contribution is 8.01. The van der Waals surface area contributed by atoms with Crippen LogP contribution in [0.1, 0.15) is 5.56 Å². The van der Waals surface area contributed by atoms with Gasteiger partial charge in [-0.15, -0.1) is 11.8 Å². The lowest BCUT2D eigenvalue weighted by Crippen LogP contribution is -2.19. The van der Waals surface area contributed by atoms with Crippen molar-refractivity contribution in [3.8, 4) is 17.3 Å². The maximum atomic E-state index is 13.6. The zero-order valence-corrected chi connectivity index (χ0v) is 18.4. The third-order valence-electron chi connectivity index (χ3n) is 4.60. The summed E-state index contributed by atoms with van der Waals surface area (Å²) >= 11 is 3.95. The fourth-order valence-corrected chi connectivity index (χ4v) is 6.06. The molecule has 0 amide bonds. The standard InChI is InChI=1S/C21H12FN5OS3/c1-29-17-13(10-23)18(28)27-16(11-6-8-12(22)9-7-11)19(31-21(27)26-17)30-20-24-14-4-2-3-5-15(14)25-20/h2-9H,1H3,(H,24,25). The third kappa shape index (κ3) is 3.40. The summed E-state index contributed by atoms with van der Waals surface area (Å²) in [5, 5.41) is 10.6. The highest BCUT2D eigenvalue weighted by Gasteiger charge is 2.22. The molecule has 1 N–H and O–H groups in total. The zero-order chi connectivity index (χ0) is 21.5. The smallest absolute Gasteiger partial charge is 0.278 e. The molecule has 0 aliphatic heterocycles. The lowest BCUT2D eigenvalue weighted by Gasteiger charge is -2.06. The number of aromatic amines is 1. The molecule has 0 atom stereocenters. The van der Waals surface area contributed by atoms with Crippen molar-refractivity contribution >= 4 is 50.9 Å². The zero-order valence-electron chi connectivity index (χ0n) is 15.9. The van der Waals surface area contributed by atoms with E-state index in [0.29, 0.717) is 26.4 Å². The van der Waals surface area contributed by atoms with E-state index in [4.69, 9.17) is 0 Å². The van der Waals surface area contributed by atoms with Crippen LogP contribution >= 0.6 is 34.9 Å². The summed E-state index contributed by atoms with van der Waals surface area (Å²) in [5.41, 5.74) is 2.50. The Balaban J connectivity index is 1.77. The van der Waals surface area contributed by atoms with Crippen LogP contribution in [0.4, 0.5) is 4.39 Å². The van der Waals surface area contributed by atoms with Crippen LogP contribution in [-0.4, -0.2) is 25.6 Å². The van der Waals surface area contributed by atoms with Gasteiger partial charge in [0.25, 0.3) is 5.56 Å². The Hall–Kier alpha value is -3.13. The highest BCUT2D eigenvalue weighted by atomic mass is 32.2. The Morgan fingerprint density at radius 1 is 1.16 bits per heavy atom. The SMILES string of the molecule is CSc1nc2sc(Sc3nc4ccccc4[nH]3)c(-c3ccc(F)cc3)n2c(=O)c1C#N. The number of thioether (sulfide) groups is 1. The number of benzene rings is 2. The number of nitrogens with zero attached hydrogens (tertiary/aromatic N) is 4. The fourth-order valence-electron chi connectivity index (χ4n) is 3.20. The second-order valence-corrected chi connectivity index (χ2v) is 9.47. The topological polar surface area (TPSA) is 86.8 Å². The highest BCUT2D eigenvalue weighted by Crippen LogP contribution is 2.41. The minimum atomic E-state index is -0.441. The molecule has 10 heteroatoms. The van der Waals surface area contributed by atoms with Crippen LogP contribution in [0.5, 0.6) is 0 Å². The van der Waals surface area contributed by atoms with E-state index < -0.39 is 5.56 Å². The number of H-pyrrole nitrogens is 1. The molecule has 6 nitrogen and oxygen atoms in total. The van der Waals surface area contributed by atoms with E-state index in [9.17, 15) is 14.4 Å². The number of para-hydroxylation sites is 2. The Bertz CT molecular complexity index is 1510. The van der Waals surface area contributed by atoms with Gasteiger partial charge in [-0.25, -0.2) is 18.8 Å². The van der Waals surface area contributed by atoms with Gasteiger partial charge in [0.2, 0.25) is 0 Å². The molecular weight excluding hydrogens is 453 g/mol. The lowest BCUT2D eigenvalue weighted by atomic mass is 10.2. The predicted octanol–water partition coefficient (Wildman–Crippen LogP) is 5.18. The Morgan fingerprint density at radius 2 is 1.94 bits per heavy atom. The molecular formula is C21H12FN5OS3. The van der Waals surface area contributed by atoms with Crippen LogP contribution in [-0.2, 0) is 0 Å². The normalized spacial score (nSPS) is 11.3. The summed E-state index contributed by atoms with van der Waals surface area (Å²) in [6.45, 7) is 0. The summed E-state index contributed by atoms with van der Waals surface area (Å²) in [6, 6.07) is 15.6. The first-order valence-electron chi connectivity index (χ1n) is 9.01. The summed E-state index contributed by atoms with van der Waals surface area (Å²) in [4.78, 5) is 26.1. The maximum absolute atomic E-state index is 13.6. The van der Waals surface area contributed by atoms with Crippen molar-refractivity contribution < 1.29 is 4.39 Å². The van der Waals surface area contributed by atoms with Gasteiger partial charge >= 0.3 is 0 Å². The van der Waals surface area contributed by atoms with Gasteiger partial charge in [-0.05, 0) is 54.4 Å². The van der Waals surface area contributed by atoms with Crippen LogP contribution in [0.3, 0.4) is 0 Å². The number of hydrogen-bond donors (Lipinski definition) is 1. The number of hydrogen-bond acceptors (Lipinski definition) is 7. The molecule has 3 aromatic heterocycles. The number of nitrogens with one attached hydrogen (secondary N) is 1. The predicted molar refractivity (Wildman–Crippen MR) is 121 cm³/mol. The average molecular weight is 466 g/mol. The number of nitriles is 1. The van der Waals surface area contributed by atoms with Crippen LogP contribution in [0.25, 0.3) is 27.3 Å². The first-order chi connectivity index (χ1) is 15.1. The number of halogens is 1. The van der Waals surface area contributed by atoms with Gasteiger partial charge in [0.1, 0.15) is 22.5 Å². The molecule has 5 aromatic rings.